The van der Waals surface area contributed by atoms with Crippen molar-refractivity contribution in [2.45, 2.75) is 116 Å². The molecule has 0 aromatic heterocycles. The van der Waals surface area contributed by atoms with E-state index in [4.69, 9.17) is 18.9 Å². The number of benzene rings is 3. The molecule has 12 heteroatoms. The molecule has 2 N–H and O–H groups in total. The van der Waals surface area contributed by atoms with Crippen LogP contribution in [0.5, 0.6) is 0 Å². The standard InChI is InChI=1S/C44H57N3O9/c1-43(2,3)55-41(51)47(42(52)56-44(4,5)6)28-18-8-11-26-38(48)45-27-17-16-25-37(39(49)53-29-31-19-9-7-10-20-31)46-40(50)54-30-36-34-23-14-12-21-32(34)33-22-13-15-24-35(33)36/h7,9-10,12-15,19-24,36-37H,8,11,16-18,25-30H2,1-6H3,(H,45,48)(H,46,50). The molecule has 56 heavy (non-hydrogen) atoms. The highest BCUT2D eigenvalue weighted by molar-refractivity contribution is 5.88. The lowest BCUT2D eigenvalue weighted by Gasteiger charge is -2.28. The molecule has 0 bridgehead atoms. The van der Waals surface area contributed by atoms with E-state index in [0.717, 1.165) is 32.7 Å². The van der Waals surface area contributed by atoms with Crippen molar-refractivity contribution in [3.05, 3.63) is 95.6 Å². The molecule has 12 nitrogen and oxygen atoms in total. The van der Waals surface area contributed by atoms with E-state index >= 15 is 0 Å². The molecule has 3 aromatic rings. The van der Waals surface area contributed by atoms with Gasteiger partial charge in [0, 0.05) is 25.4 Å². The molecule has 1 unspecified atom stereocenters. The minimum absolute atomic E-state index is 0.0681. The van der Waals surface area contributed by atoms with Crippen LogP contribution in [0, 0.1) is 0 Å². The average molecular weight is 772 g/mol. The second-order valence-electron chi connectivity index (χ2n) is 15.9. The van der Waals surface area contributed by atoms with Crippen molar-refractivity contribution in [1.82, 2.24) is 15.5 Å². The van der Waals surface area contributed by atoms with Crippen LogP contribution in [0.4, 0.5) is 14.4 Å². The Morgan fingerprint density at radius 1 is 0.679 bits per heavy atom. The Hall–Kier alpha value is -5.39. The molecule has 0 saturated carbocycles. The summed E-state index contributed by atoms with van der Waals surface area (Å²) in [4.78, 5) is 65.2. The van der Waals surface area contributed by atoms with Gasteiger partial charge in [0.25, 0.3) is 0 Å². The van der Waals surface area contributed by atoms with Gasteiger partial charge < -0.3 is 29.6 Å². The summed E-state index contributed by atoms with van der Waals surface area (Å²) in [5.41, 5.74) is 3.69. The molecule has 3 aromatic carbocycles. The van der Waals surface area contributed by atoms with Gasteiger partial charge in [-0.15, -0.1) is 0 Å². The predicted octanol–water partition coefficient (Wildman–Crippen LogP) is 8.66. The van der Waals surface area contributed by atoms with Gasteiger partial charge in [-0.25, -0.2) is 24.1 Å². The number of alkyl carbamates (subject to hydrolysis) is 1. The number of hydrogen-bond donors (Lipinski definition) is 2. The molecule has 0 heterocycles. The van der Waals surface area contributed by atoms with Crippen molar-refractivity contribution >= 4 is 30.2 Å². The highest BCUT2D eigenvalue weighted by atomic mass is 16.6. The third-order valence-corrected chi connectivity index (χ3v) is 8.90. The molecule has 1 aliphatic rings. The zero-order chi connectivity index (χ0) is 40.7. The van der Waals surface area contributed by atoms with Crippen molar-refractivity contribution in [2.75, 3.05) is 19.7 Å². The number of imide groups is 1. The number of ether oxygens (including phenoxy) is 4. The lowest BCUT2D eigenvalue weighted by atomic mass is 9.98. The van der Waals surface area contributed by atoms with Crippen LogP contribution in [0.25, 0.3) is 11.1 Å². The van der Waals surface area contributed by atoms with Crippen molar-refractivity contribution in [3.8, 4) is 11.1 Å². The van der Waals surface area contributed by atoms with Gasteiger partial charge in [-0.1, -0.05) is 85.3 Å². The molecule has 0 saturated heterocycles. The van der Waals surface area contributed by atoms with E-state index in [9.17, 15) is 24.0 Å². The van der Waals surface area contributed by atoms with Crippen LogP contribution in [0.15, 0.2) is 78.9 Å². The van der Waals surface area contributed by atoms with E-state index in [1.54, 1.807) is 41.5 Å². The maximum absolute atomic E-state index is 13.2. The number of hydrogen-bond acceptors (Lipinski definition) is 9. The second-order valence-corrected chi connectivity index (χ2v) is 15.9. The largest absolute Gasteiger partial charge is 0.459 e. The van der Waals surface area contributed by atoms with Crippen molar-refractivity contribution < 1.29 is 42.9 Å². The molecule has 0 aliphatic heterocycles. The fraction of sp³-hybridized carbons (Fsp3) is 0.477. The Bertz CT molecular complexity index is 1710. The third-order valence-electron chi connectivity index (χ3n) is 8.90. The van der Waals surface area contributed by atoms with Crippen molar-refractivity contribution in [2.24, 2.45) is 0 Å². The smallest absolute Gasteiger partial charge is 0.419 e. The molecule has 1 atom stereocenters. The molecular formula is C44H57N3O9. The highest BCUT2D eigenvalue weighted by Gasteiger charge is 2.32. The molecular weight excluding hydrogens is 714 g/mol. The summed E-state index contributed by atoms with van der Waals surface area (Å²) >= 11 is 0. The van der Waals surface area contributed by atoms with Crippen LogP contribution in [0.3, 0.4) is 0 Å². The fourth-order valence-electron chi connectivity index (χ4n) is 6.27. The number of rotatable bonds is 17. The van der Waals surface area contributed by atoms with Gasteiger partial charge in [0.05, 0.1) is 0 Å². The van der Waals surface area contributed by atoms with E-state index in [-0.39, 0.29) is 38.0 Å². The quantitative estimate of drug-likeness (QED) is 0.0781. The van der Waals surface area contributed by atoms with Crippen LogP contribution in [-0.4, -0.2) is 72.0 Å². The Morgan fingerprint density at radius 3 is 1.84 bits per heavy atom. The Balaban J connectivity index is 1.21. The zero-order valence-corrected chi connectivity index (χ0v) is 33.6. The normalized spacial score (nSPS) is 12.8. The predicted molar refractivity (Wildman–Crippen MR) is 213 cm³/mol. The molecule has 0 spiro atoms. The minimum atomic E-state index is -0.939. The molecule has 1 aliphatic carbocycles. The molecule has 4 amide bonds. The molecule has 4 rings (SSSR count). The summed E-state index contributed by atoms with van der Waals surface area (Å²) in [6, 6.07) is 24.5. The van der Waals surface area contributed by atoms with Crippen LogP contribution in [0.2, 0.25) is 0 Å². The monoisotopic (exact) mass is 771 g/mol. The molecule has 0 radical (unpaired) electrons. The van der Waals surface area contributed by atoms with Gasteiger partial charge in [0.15, 0.2) is 0 Å². The van der Waals surface area contributed by atoms with Gasteiger partial charge in [0.2, 0.25) is 5.91 Å². The van der Waals surface area contributed by atoms with Crippen LogP contribution in [0.1, 0.15) is 109 Å². The van der Waals surface area contributed by atoms with Gasteiger partial charge in [-0.3, -0.25) is 4.79 Å². The number of esters is 1. The summed E-state index contributed by atoms with van der Waals surface area (Å²) in [6.07, 6.45) is 1.05. The zero-order valence-electron chi connectivity index (χ0n) is 33.6. The van der Waals surface area contributed by atoms with Gasteiger partial charge in [-0.05, 0) is 101 Å². The van der Waals surface area contributed by atoms with Crippen LogP contribution < -0.4 is 10.6 Å². The summed E-state index contributed by atoms with van der Waals surface area (Å²) in [5, 5.41) is 5.63. The lowest BCUT2D eigenvalue weighted by molar-refractivity contribution is -0.147. The number of fused-ring (bicyclic) bond motifs is 3. The van der Waals surface area contributed by atoms with E-state index in [1.807, 2.05) is 66.7 Å². The SMILES string of the molecule is CC(C)(C)OC(=O)N(CCCCCC(=O)NCCCCC(NC(=O)OCC1c2ccccc2-c2ccccc21)C(=O)OCc1ccccc1)C(=O)OC(C)(C)C. The first-order valence-electron chi connectivity index (χ1n) is 19.4. The summed E-state index contributed by atoms with van der Waals surface area (Å²) in [5.74, 6) is -0.815. The Kier molecular flexibility index (Phi) is 15.9. The summed E-state index contributed by atoms with van der Waals surface area (Å²) in [6.45, 7) is 11.0. The Morgan fingerprint density at radius 2 is 1.25 bits per heavy atom. The van der Waals surface area contributed by atoms with Crippen molar-refractivity contribution in [3.63, 3.8) is 0 Å². The second kappa shape index (κ2) is 20.5. The summed E-state index contributed by atoms with van der Waals surface area (Å²) in [7, 11) is 0. The number of nitrogens with zero attached hydrogens (tertiary/aromatic N) is 1. The van der Waals surface area contributed by atoms with Crippen molar-refractivity contribution in [1.29, 1.82) is 0 Å². The number of unbranched alkanes of at least 4 members (excludes halogenated alkanes) is 3. The van der Waals surface area contributed by atoms with Crippen LogP contribution in [-0.2, 0) is 35.1 Å². The topological polar surface area (TPSA) is 150 Å². The van der Waals surface area contributed by atoms with Crippen LogP contribution >= 0.6 is 0 Å². The lowest BCUT2D eigenvalue weighted by Crippen LogP contribution is -2.44. The Labute approximate surface area is 330 Å². The number of amides is 4. The third kappa shape index (κ3) is 14.0. The first kappa shape index (κ1) is 43.3. The first-order chi connectivity index (χ1) is 26.6. The number of nitrogens with one attached hydrogen (secondary N) is 2. The van der Waals surface area contributed by atoms with Gasteiger partial charge in [-0.2, -0.15) is 0 Å². The number of carbonyl (C=O) groups excluding carboxylic acids is 5. The van der Waals surface area contributed by atoms with E-state index < -0.39 is 41.5 Å². The van der Waals surface area contributed by atoms with E-state index in [0.29, 0.717) is 45.1 Å². The first-order valence-corrected chi connectivity index (χ1v) is 19.4. The van der Waals surface area contributed by atoms with Gasteiger partial charge in [0.1, 0.15) is 30.5 Å². The number of carbonyl (C=O) groups is 5. The van der Waals surface area contributed by atoms with E-state index in [2.05, 4.69) is 22.8 Å². The summed E-state index contributed by atoms with van der Waals surface area (Å²) < 4.78 is 22.1. The average Bonchev–Trinajstić information content (AvgIpc) is 3.46. The molecule has 0 fully saturated rings. The van der Waals surface area contributed by atoms with E-state index in [1.165, 1.54) is 0 Å². The highest BCUT2D eigenvalue weighted by Crippen LogP contribution is 2.44. The molecule has 302 valence electrons. The van der Waals surface area contributed by atoms with Gasteiger partial charge >= 0.3 is 24.2 Å². The minimum Gasteiger partial charge on any atom is -0.459 e. The maximum atomic E-state index is 13.2. The fourth-order valence-corrected chi connectivity index (χ4v) is 6.27. The maximum Gasteiger partial charge on any atom is 0.419 e.